The maximum absolute atomic E-state index is 13.1. The lowest BCUT2D eigenvalue weighted by atomic mass is 10.1. The van der Waals surface area contributed by atoms with Gasteiger partial charge in [-0.3, -0.25) is 19.4 Å². The van der Waals surface area contributed by atoms with Gasteiger partial charge in [-0.05, 0) is 29.8 Å². The second-order valence-corrected chi connectivity index (χ2v) is 6.52. The molecule has 1 unspecified atom stereocenters. The van der Waals surface area contributed by atoms with Crippen LogP contribution in [0.5, 0.6) is 0 Å². The lowest BCUT2D eigenvalue weighted by molar-refractivity contribution is -0.0311. The van der Waals surface area contributed by atoms with Gasteiger partial charge in [0.1, 0.15) is 5.82 Å². The van der Waals surface area contributed by atoms with Crippen molar-refractivity contribution in [3.63, 3.8) is 0 Å². The van der Waals surface area contributed by atoms with Gasteiger partial charge in [0.05, 0.1) is 23.8 Å². The summed E-state index contributed by atoms with van der Waals surface area (Å²) in [7, 11) is 0. The third-order valence-corrected chi connectivity index (χ3v) is 4.91. The Kier molecular flexibility index (Phi) is 4.53. The van der Waals surface area contributed by atoms with E-state index in [2.05, 4.69) is 4.90 Å². The number of halogens is 1. The molecule has 1 atom stereocenters. The number of carbonyl (C=O) groups excluding carboxylic acids is 2. The third-order valence-electron chi connectivity index (χ3n) is 4.91. The number of benzene rings is 2. The number of ether oxygens (including phenoxy) is 1. The van der Waals surface area contributed by atoms with Crippen molar-refractivity contribution in [2.24, 2.45) is 0 Å². The van der Waals surface area contributed by atoms with E-state index in [1.165, 1.54) is 17.0 Å². The molecule has 0 aromatic heterocycles. The summed E-state index contributed by atoms with van der Waals surface area (Å²) in [4.78, 5) is 28.3. The topological polar surface area (TPSA) is 49.9 Å². The highest BCUT2D eigenvalue weighted by Gasteiger charge is 2.35. The zero-order valence-corrected chi connectivity index (χ0v) is 14.2. The first-order valence-electron chi connectivity index (χ1n) is 8.68. The molecule has 26 heavy (non-hydrogen) atoms. The average Bonchev–Trinajstić information content (AvgIpc) is 2.92. The average molecular weight is 354 g/mol. The molecule has 6 heteroatoms. The number of morpholine rings is 1. The van der Waals surface area contributed by atoms with Crippen LogP contribution < -0.4 is 0 Å². The normalized spacial score (nSPS) is 20.5. The number of nitrogens with zero attached hydrogens (tertiary/aromatic N) is 2. The van der Waals surface area contributed by atoms with Crippen LogP contribution in [0.1, 0.15) is 32.4 Å². The van der Waals surface area contributed by atoms with Crippen LogP contribution in [0.3, 0.4) is 0 Å². The second kappa shape index (κ2) is 6.97. The van der Waals surface area contributed by atoms with Crippen molar-refractivity contribution in [1.29, 1.82) is 0 Å². The Hall–Kier alpha value is -2.57. The number of amides is 2. The summed E-state index contributed by atoms with van der Waals surface area (Å²) in [6.45, 7) is 2.88. The van der Waals surface area contributed by atoms with Crippen molar-refractivity contribution in [1.82, 2.24) is 9.80 Å². The van der Waals surface area contributed by atoms with Gasteiger partial charge in [0.15, 0.2) is 0 Å². The van der Waals surface area contributed by atoms with Gasteiger partial charge in [-0.25, -0.2) is 4.39 Å². The zero-order chi connectivity index (χ0) is 18.1. The van der Waals surface area contributed by atoms with Crippen LogP contribution in [-0.4, -0.2) is 54.4 Å². The van der Waals surface area contributed by atoms with Crippen LogP contribution in [0.25, 0.3) is 0 Å². The van der Waals surface area contributed by atoms with Crippen molar-refractivity contribution in [2.75, 3.05) is 32.8 Å². The summed E-state index contributed by atoms with van der Waals surface area (Å²) in [6.07, 6.45) is -0.133. The number of hydrogen-bond acceptors (Lipinski definition) is 4. The van der Waals surface area contributed by atoms with Gasteiger partial charge in [0.2, 0.25) is 0 Å². The van der Waals surface area contributed by atoms with E-state index in [0.29, 0.717) is 37.4 Å². The van der Waals surface area contributed by atoms with Crippen LogP contribution in [0.15, 0.2) is 48.5 Å². The molecule has 0 spiro atoms. The van der Waals surface area contributed by atoms with Crippen LogP contribution in [0, 0.1) is 5.82 Å². The molecule has 2 aliphatic heterocycles. The predicted molar refractivity (Wildman–Crippen MR) is 93.3 cm³/mol. The number of hydrogen-bond donors (Lipinski definition) is 0. The Bertz CT molecular complexity index is 802. The van der Waals surface area contributed by atoms with E-state index < -0.39 is 0 Å². The number of fused-ring (bicyclic) bond motifs is 1. The zero-order valence-electron chi connectivity index (χ0n) is 14.2. The van der Waals surface area contributed by atoms with Crippen molar-refractivity contribution in [3.05, 3.63) is 71.0 Å². The predicted octanol–water partition coefficient (Wildman–Crippen LogP) is 2.50. The van der Waals surface area contributed by atoms with E-state index in [1.807, 2.05) is 0 Å². The third kappa shape index (κ3) is 3.13. The molecule has 0 saturated carbocycles. The highest BCUT2D eigenvalue weighted by Crippen LogP contribution is 2.24. The molecule has 0 N–H and O–H groups in total. The standard InChI is InChI=1S/C20H19FN2O3/c21-15-7-5-14(6-8-15)18-13-22(11-12-26-18)9-10-23-19(24)16-3-1-2-4-17(16)20(23)25/h1-8,18H,9-13H2. The number of imide groups is 1. The molecule has 2 aromatic rings. The number of carbonyl (C=O) groups is 2. The van der Waals surface area contributed by atoms with E-state index in [0.717, 1.165) is 12.1 Å². The fourth-order valence-electron chi connectivity index (χ4n) is 3.47. The molecule has 2 aromatic carbocycles. The minimum Gasteiger partial charge on any atom is -0.371 e. The molecule has 0 aliphatic carbocycles. The highest BCUT2D eigenvalue weighted by molar-refractivity contribution is 6.21. The van der Waals surface area contributed by atoms with Gasteiger partial charge in [0.25, 0.3) is 11.8 Å². The van der Waals surface area contributed by atoms with Crippen LogP contribution in [0.4, 0.5) is 4.39 Å². The van der Waals surface area contributed by atoms with E-state index in [1.54, 1.807) is 36.4 Å². The molecular weight excluding hydrogens is 335 g/mol. The summed E-state index contributed by atoms with van der Waals surface area (Å²) in [5.74, 6) is -0.727. The van der Waals surface area contributed by atoms with E-state index in [4.69, 9.17) is 4.74 Å². The van der Waals surface area contributed by atoms with Gasteiger partial charge in [-0.2, -0.15) is 0 Å². The van der Waals surface area contributed by atoms with Gasteiger partial charge < -0.3 is 4.74 Å². The molecular formula is C20H19FN2O3. The molecule has 1 saturated heterocycles. The van der Waals surface area contributed by atoms with Crippen molar-refractivity contribution in [3.8, 4) is 0 Å². The fraction of sp³-hybridized carbons (Fsp3) is 0.300. The molecule has 0 bridgehead atoms. The Morgan fingerprint density at radius 1 is 0.962 bits per heavy atom. The molecule has 5 nitrogen and oxygen atoms in total. The quantitative estimate of drug-likeness (QED) is 0.792. The monoisotopic (exact) mass is 354 g/mol. The van der Waals surface area contributed by atoms with E-state index in [-0.39, 0.29) is 23.7 Å². The Morgan fingerprint density at radius 2 is 1.62 bits per heavy atom. The molecule has 2 amide bonds. The van der Waals surface area contributed by atoms with E-state index >= 15 is 0 Å². The molecule has 2 aliphatic rings. The summed E-state index contributed by atoms with van der Waals surface area (Å²) in [5.41, 5.74) is 1.88. The summed E-state index contributed by atoms with van der Waals surface area (Å²) >= 11 is 0. The Balaban J connectivity index is 1.38. The molecule has 4 rings (SSSR count). The van der Waals surface area contributed by atoms with Crippen molar-refractivity contribution >= 4 is 11.8 Å². The first-order valence-corrected chi connectivity index (χ1v) is 8.68. The maximum atomic E-state index is 13.1. The summed E-state index contributed by atoms with van der Waals surface area (Å²) < 4.78 is 18.9. The Morgan fingerprint density at radius 3 is 2.27 bits per heavy atom. The first-order chi connectivity index (χ1) is 12.6. The van der Waals surface area contributed by atoms with Crippen molar-refractivity contribution < 1.29 is 18.7 Å². The molecule has 2 heterocycles. The minimum atomic E-state index is -0.271. The fourth-order valence-corrected chi connectivity index (χ4v) is 3.47. The smallest absolute Gasteiger partial charge is 0.261 e. The molecule has 134 valence electrons. The van der Waals surface area contributed by atoms with Crippen LogP contribution >= 0.6 is 0 Å². The van der Waals surface area contributed by atoms with Crippen molar-refractivity contribution in [2.45, 2.75) is 6.10 Å². The Labute approximate surface area is 151 Å². The lowest BCUT2D eigenvalue weighted by Gasteiger charge is -2.33. The minimum absolute atomic E-state index is 0.133. The summed E-state index contributed by atoms with van der Waals surface area (Å²) in [6, 6.07) is 13.2. The first kappa shape index (κ1) is 16.9. The maximum Gasteiger partial charge on any atom is 0.261 e. The van der Waals surface area contributed by atoms with Crippen LogP contribution in [0.2, 0.25) is 0 Å². The van der Waals surface area contributed by atoms with Gasteiger partial charge in [-0.1, -0.05) is 24.3 Å². The van der Waals surface area contributed by atoms with Gasteiger partial charge >= 0.3 is 0 Å². The molecule has 1 fully saturated rings. The highest BCUT2D eigenvalue weighted by atomic mass is 19.1. The van der Waals surface area contributed by atoms with Crippen LogP contribution in [-0.2, 0) is 4.74 Å². The SMILES string of the molecule is O=C1c2ccccc2C(=O)N1CCN1CCOC(c2ccc(F)cc2)C1. The van der Waals surface area contributed by atoms with E-state index in [9.17, 15) is 14.0 Å². The van der Waals surface area contributed by atoms with Gasteiger partial charge in [0, 0.05) is 26.2 Å². The summed E-state index contributed by atoms with van der Waals surface area (Å²) in [5, 5.41) is 0. The second-order valence-electron chi connectivity index (χ2n) is 6.52. The lowest BCUT2D eigenvalue weighted by Crippen LogP contribution is -2.43. The molecule has 0 radical (unpaired) electrons. The van der Waals surface area contributed by atoms with Gasteiger partial charge in [-0.15, -0.1) is 0 Å². The number of rotatable bonds is 4. The largest absolute Gasteiger partial charge is 0.371 e.